The van der Waals surface area contributed by atoms with E-state index in [-0.39, 0.29) is 5.92 Å². The molecule has 0 heterocycles. The van der Waals surface area contributed by atoms with Gasteiger partial charge in [-0.2, -0.15) is 0 Å². The Morgan fingerprint density at radius 3 is 1.50 bits per heavy atom. The molecule has 1 unspecified atom stereocenters. The molecule has 0 bridgehead atoms. The van der Waals surface area contributed by atoms with Gasteiger partial charge in [-0.3, -0.25) is 0 Å². The van der Waals surface area contributed by atoms with Crippen LogP contribution in [0.15, 0.2) is 12.2 Å². The van der Waals surface area contributed by atoms with E-state index < -0.39 is 62.6 Å². The Bertz CT molecular complexity index is 659. The molecule has 0 aromatic carbocycles. The molecule has 0 aliphatic heterocycles. The van der Waals surface area contributed by atoms with E-state index in [9.17, 15) is 4.79 Å². The summed E-state index contributed by atoms with van der Waals surface area (Å²) >= 11 is 0. The lowest BCUT2D eigenvalue weighted by Gasteiger charge is -2.48. The second kappa shape index (κ2) is 12.4. The van der Waals surface area contributed by atoms with E-state index in [0.717, 1.165) is 0 Å². The molecule has 0 amide bonds. The zero-order chi connectivity index (χ0) is 27.4. The van der Waals surface area contributed by atoms with Crippen LogP contribution < -0.4 is 0 Å². The van der Waals surface area contributed by atoms with Gasteiger partial charge in [-0.15, -0.1) is 0 Å². The van der Waals surface area contributed by atoms with Crippen molar-refractivity contribution in [2.45, 2.75) is 104 Å². The molecule has 0 aliphatic rings. The van der Waals surface area contributed by atoms with Crippen molar-refractivity contribution < 1.29 is 30.7 Å². The number of esters is 1. The third-order valence-electron chi connectivity index (χ3n) is 4.05. The van der Waals surface area contributed by atoms with Crippen LogP contribution in [0.5, 0.6) is 0 Å². The summed E-state index contributed by atoms with van der Waals surface area (Å²) in [7, 11) is -11.5. The van der Waals surface area contributed by atoms with Gasteiger partial charge < -0.3 is 25.9 Å². The van der Waals surface area contributed by atoms with Crippen LogP contribution in [0.2, 0.25) is 84.6 Å². The van der Waals surface area contributed by atoms with Gasteiger partial charge in [0.1, 0.15) is 10.5 Å². The maximum Gasteiger partial charge on any atom is 0.337 e. The van der Waals surface area contributed by atoms with Gasteiger partial charge in [0.15, 0.2) is 42.6 Å². The summed E-state index contributed by atoms with van der Waals surface area (Å²) in [6.07, 6.45) is 0. The molecule has 7 nitrogen and oxygen atoms in total. The minimum atomic E-state index is -2.74. The standard InChI is InChI=1S/C20H52O7Si7/c1-17(2)19(21)22-20(23-30(4,5)6,24-31(7,8)9)18(3)16-34(29-25-28,26-32(10,11)12)27-33(13,14)15/h18H,1,16,29H2,2-15,28H3. The first-order chi connectivity index (χ1) is 14.8. The lowest BCUT2D eigenvalue weighted by molar-refractivity contribution is -0.316. The molecule has 1 atom stereocenters. The van der Waals surface area contributed by atoms with E-state index in [2.05, 4.69) is 85.1 Å². The minimum absolute atomic E-state index is 0.307. The average Bonchev–Trinajstić information content (AvgIpc) is 2.47. The monoisotopic (exact) mass is 600 g/mol. The van der Waals surface area contributed by atoms with Gasteiger partial charge in [-0.05, 0) is 91.5 Å². The second-order valence-electron chi connectivity index (χ2n) is 13.1. The fraction of sp³-hybridized carbons (Fsp3) is 0.850. The van der Waals surface area contributed by atoms with Crippen molar-refractivity contribution in [1.29, 1.82) is 0 Å². The van der Waals surface area contributed by atoms with E-state index in [1.165, 1.54) is 0 Å². The summed E-state index contributed by atoms with van der Waals surface area (Å²) in [4.78, 5) is 12.9. The first-order valence-corrected chi connectivity index (χ1v) is 31.4. The molecule has 34 heavy (non-hydrogen) atoms. The number of carbonyl (C=O) groups is 1. The van der Waals surface area contributed by atoms with E-state index in [0.29, 0.717) is 22.1 Å². The summed E-state index contributed by atoms with van der Waals surface area (Å²) in [5.41, 5.74) is 0.312. The third-order valence-corrected chi connectivity index (χ3v) is 23.9. The largest absolute Gasteiger partial charge is 0.466 e. The molecule has 0 radical (unpaired) electrons. The topological polar surface area (TPSA) is 72.5 Å². The Morgan fingerprint density at radius 1 is 0.853 bits per heavy atom. The molecule has 202 valence electrons. The summed E-state index contributed by atoms with van der Waals surface area (Å²) in [6, 6.07) is 0.592. The Hall–Kier alpha value is 0.528. The maximum absolute atomic E-state index is 12.9. The van der Waals surface area contributed by atoms with E-state index in [1.54, 1.807) is 6.92 Å². The molecule has 0 saturated heterocycles. The van der Waals surface area contributed by atoms with Crippen molar-refractivity contribution in [3.05, 3.63) is 12.2 Å². The highest BCUT2D eigenvalue weighted by atomic mass is 29.2. The van der Waals surface area contributed by atoms with E-state index >= 15 is 0 Å². The van der Waals surface area contributed by atoms with Crippen LogP contribution in [0.25, 0.3) is 0 Å². The van der Waals surface area contributed by atoms with Gasteiger partial charge in [-0.25, -0.2) is 4.79 Å². The second-order valence-corrected chi connectivity index (χ2v) is 40.9. The SMILES string of the molecule is C=C(C)C(=O)OC(O[Si](C)(C)C)(O[Si](C)(C)C)C(C)C[Si](O[Si](C)(C)C)(O[Si](C)(C)C)[SiH2]O[SiH3]. The predicted molar refractivity (Wildman–Crippen MR) is 161 cm³/mol. The van der Waals surface area contributed by atoms with Crippen molar-refractivity contribution in [2.75, 3.05) is 0 Å². The number of hydrogen-bond donors (Lipinski definition) is 0. The van der Waals surface area contributed by atoms with Crippen LogP contribution in [0.3, 0.4) is 0 Å². The Balaban J connectivity index is 6.79. The number of hydrogen-bond acceptors (Lipinski definition) is 7. The van der Waals surface area contributed by atoms with Crippen molar-refractivity contribution in [1.82, 2.24) is 0 Å². The van der Waals surface area contributed by atoms with Crippen LogP contribution in [0.1, 0.15) is 13.8 Å². The summed E-state index contributed by atoms with van der Waals surface area (Å²) in [5.74, 6) is -2.34. The van der Waals surface area contributed by atoms with E-state index in [4.69, 9.17) is 25.9 Å². The molecule has 0 fully saturated rings. The van der Waals surface area contributed by atoms with Crippen molar-refractivity contribution in [2.24, 2.45) is 5.92 Å². The number of ether oxygens (including phenoxy) is 1. The van der Waals surface area contributed by atoms with Crippen LogP contribution >= 0.6 is 0 Å². The Morgan fingerprint density at radius 2 is 1.24 bits per heavy atom. The predicted octanol–water partition coefficient (Wildman–Crippen LogP) is 4.12. The minimum Gasteiger partial charge on any atom is -0.466 e. The van der Waals surface area contributed by atoms with Crippen LogP contribution in [-0.2, 0) is 30.7 Å². The molecule has 0 aromatic rings. The highest BCUT2D eigenvalue weighted by molar-refractivity contribution is 7.20. The van der Waals surface area contributed by atoms with Gasteiger partial charge in [0, 0.05) is 5.57 Å². The fourth-order valence-electron chi connectivity index (χ4n) is 3.58. The smallest absolute Gasteiger partial charge is 0.337 e. The molecule has 0 saturated carbocycles. The lowest BCUT2D eigenvalue weighted by Crippen LogP contribution is -2.63. The van der Waals surface area contributed by atoms with Crippen LogP contribution in [0.4, 0.5) is 0 Å². The first kappa shape index (κ1) is 34.5. The van der Waals surface area contributed by atoms with Crippen molar-refractivity contribution in [3.8, 4) is 0 Å². The lowest BCUT2D eigenvalue weighted by atomic mass is 10.2. The highest BCUT2D eigenvalue weighted by Crippen LogP contribution is 2.39. The Kier molecular flexibility index (Phi) is 12.6. The normalized spacial score (nSPS) is 15.7. The summed E-state index contributed by atoms with van der Waals surface area (Å²) in [5, 5.41) is 0. The quantitative estimate of drug-likeness (QED) is 0.121. The molecular formula is C20H52O7Si7. The molecule has 0 N–H and O–H groups in total. The molecule has 0 spiro atoms. The third kappa shape index (κ3) is 13.7. The molecule has 0 aromatic heterocycles. The summed E-state index contributed by atoms with van der Waals surface area (Å²) in [6.45, 7) is 33.1. The zero-order valence-electron chi connectivity index (χ0n) is 24.6. The van der Waals surface area contributed by atoms with Crippen LogP contribution in [0, 0.1) is 5.92 Å². The first-order valence-electron chi connectivity index (χ1n) is 12.0. The van der Waals surface area contributed by atoms with Gasteiger partial charge in [0.05, 0.1) is 5.92 Å². The van der Waals surface area contributed by atoms with E-state index in [1.807, 2.05) is 6.92 Å². The highest BCUT2D eigenvalue weighted by Gasteiger charge is 2.55. The molecule has 14 heteroatoms. The zero-order valence-corrected chi connectivity index (χ0v) is 33.0. The number of carbonyl (C=O) groups excluding carboxylic acids is 1. The maximum atomic E-state index is 12.9. The van der Waals surface area contributed by atoms with Crippen molar-refractivity contribution >= 4 is 67.1 Å². The molecule has 0 aliphatic carbocycles. The summed E-state index contributed by atoms with van der Waals surface area (Å²) < 4.78 is 39.2. The Labute approximate surface area is 219 Å². The van der Waals surface area contributed by atoms with Gasteiger partial charge in [-0.1, -0.05) is 13.5 Å². The fourth-order valence-corrected chi connectivity index (χ4v) is 34.1. The van der Waals surface area contributed by atoms with Gasteiger partial charge >= 0.3 is 20.0 Å². The van der Waals surface area contributed by atoms with Crippen molar-refractivity contribution in [3.63, 3.8) is 0 Å². The van der Waals surface area contributed by atoms with Gasteiger partial charge in [0.2, 0.25) is 0 Å². The number of rotatable bonds is 15. The van der Waals surface area contributed by atoms with Crippen LogP contribution in [-0.4, -0.2) is 73.1 Å². The molecule has 0 rings (SSSR count). The van der Waals surface area contributed by atoms with Gasteiger partial charge in [0.25, 0.3) is 0 Å². The average molecular weight is 601 g/mol. The molecular weight excluding hydrogens is 549 g/mol.